The van der Waals surface area contributed by atoms with Gasteiger partial charge in [0.05, 0.1) is 0 Å². The van der Waals surface area contributed by atoms with Gasteiger partial charge >= 0.3 is 6.09 Å². The van der Waals surface area contributed by atoms with Crippen LogP contribution in [0.15, 0.2) is 24.3 Å². The van der Waals surface area contributed by atoms with Crippen molar-refractivity contribution < 1.29 is 14.3 Å². The molecule has 1 atom stereocenters. The molecule has 2 aliphatic rings. The van der Waals surface area contributed by atoms with Crippen molar-refractivity contribution >= 4 is 6.09 Å². The van der Waals surface area contributed by atoms with Gasteiger partial charge in [0.15, 0.2) is 0 Å². The standard InChI is InChI=1S/C25H40N2O3/c1-23(2,3)19-9-7-10-20(17-19)25(12-15-29-16-13-25)26-18-21-11-8-14-27(21)22(28)30-24(4,5)6/h7,9-10,17,21,26H,8,11-16,18H2,1-6H3. The number of nitrogens with one attached hydrogen (secondary N) is 1. The molecule has 1 aromatic rings. The SMILES string of the molecule is CC(C)(C)OC(=O)N1CCCC1CNC1(c2cccc(C(C)(C)C)c2)CCOCC1. The minimum absolute atomic E-state index is 0.109. The first-order valence-corrected chi connectivity index (χ1v) is 11.4. The van der Waals surface area contributed by atoms with Crippen LogP contribution in [0.4, 0.5) is 4.79 Å². The van der Waals surface area contributed by atoms with Gasteiger partial charge in [-0.05, 0) is 63.0 Å². The fourth-order valence-corrected chi connectivity index (χ4v) is 4.49. The molecule has 2 aliphatic heterocycles. The van der Waals surface area contributed by atoms with Crippen LogP contribution in [-0.2, 0) is 20.4 Å². The van der Waals surface area contributed by atoms with Gasteiger partial charge in [-0.2, -0.15) is 0 Å². The summed E-state index contributed by atoms with van der Waals surface area (Å²) in [7, 11) is 0. The van der Waals surface area contributed by atoms with Gasteiger partial charge in [-0.1, -0.05) is 45.0 Å². The third kappa shape index (κ3) is 5.55. The van der Waals surface area contributed by atoms with Crippen molar-refractivity contribution in [1.82, 2.24) is 10.2 Å². The van der Waals surface area contributed by atoms with Crippen molar-refractivity contribution in [2.24, 2.45) is 0 Å². The molecule has 168 valence electrons. The zero-order chi connectivity index (χ0) is 22.0. The van der Waals surface area contributed by atoms with Crippen molar-refractivity contribution in [2.75, 3.05) is 26.3 Å². The second kappa shape index (κ2) is 8.88. The lowest BCUT2D eigenvalue weighted by atomic mass is 9.78. The summed E-state index contributed by atoms with van der Waals surface area (Å²) in [5, 5.41) is 3.89. The predicted octanol–water partition coefficient (Wildman–Crippen LogP) is 4.98. The summed E-state index contributed by atoms with van der Waals surface area (Å²) >= 11 is 0. The number of ether oxygens (including phenoxy) is 2. The maximum Gasteiger partial charge on any atom is 0.410 e. The van der Waals surface area contributed by atoms with E-state index in [2.05, 4.69) is 50.4 Å². The number of likely N-dealkylation sites (tertiary alicyclic amines) is 1. The molecule has 1 aromatic carbocycles. The van der Waals surface area contributed by atoms with E-state index in [1.54, 1.807) is 0 Å². The van der Waals surface area contributed by atoms with Gasteiger partial charge in [-0.3, -0.25) is 0 Å². The number of carbonyl (C=O) groups excluding carboxylic acids is 1. The fourth-order valence-electron chi connectivity index (χ4n) is 4.49. The van der Waals surface area contributed by atoms with E-state index >= 15 is 0 Å². The summed E-state index contributed by atoms with van der Waals surface area (Å²) in [5.74, 6) is 0. The number of benzene rings is 1. The topological polar surface area (TPSA) is 50.8 Å². The Balaban J connectivity index is 1.77. The molecule has 1 unspecified atom stereocenters. The lowest BCUT2D eigenvalue weighted by molar-refractivity contribution is 0.0170. The van der Waals surface area contributed by atoms with Crippen molar-refractivity contribution in [3.63, 3.8) is 0 Å². The molecule has 2 saturated heterocycles. The van der Waals surface area contributed by atoms with E-state index in [1.165, 1.54) is 11.1 Å². The van der Waals surface area contributed by atoms with Gasteiger partial charge in [-0.15, -0.1) is 0 Å². The van der Waals surface area contributed by atoms with Gasteiger partial charge < -0.3 is 19.7 Å². The lowest BCUT2D eigenvalue weighted by Gasteiger charge is -2.41. The molecule has 0 aliphatic carbocycles. The van der Waals surface area contributed by atoms with Crippen LogP contribution in [0.1, 0.15) is 78.4 Å². The molecule has 0 aromatic heterocycles. The van der Waals surface area contributed by atoms with E-state index in [4.69, 9.17) is 9.47 Å². The van der Waals surface area contributed by atoms with Gasteiger partial charge in [0.25, 0.3) is 0 Å². The van der Waals surface area contributed by atoms with E-state index in [0.717, 1.165) is 52.0 Å². The van der Waals surface area contributed by atoms with E-state index in [0.29, 0.717) is 0 Å². The molecular formula is C25H40N2O3. The Morgan fingerprint density at radius 2 is 1.90 bits per heavy atom. The number of amides is 1. The first-order valence-electron chi connectivity index (χ1n) is 11.4. The quantitative estimate of drug-likeness (QED) is 0.752. The molecule has 30 heavy (non-hydrogen) atoms. The van der Waals surface area contributed by atoms with E-state index in [-0.39, 0.29) is 23.1 Å². The molecule has 1 N–H and O–H groups in total. The van der Waals surface area contributed by atoms with Crippen molar-refractivity contribution in [3.8, 4) is 0 Å². The Morgan fingerprint density at radius 1 is 1.20 bits per heavy atom. The number of hydrogen-bond acceptors (Lipinski definition) is 4. The van der Waals surface area contributed by atoms with Crippen LogP contribution in [0.2, 0.25) is 0 Å². The first-order chi connectivity index (χ1) is 14.0. The second-order valence-electron chi connectivity index (χ2n) is 10.9. The molecule has 0 bridgehead atoms. The van der Waals surface area contributed by atoms with Gasteiger partial charge in [-0.25, -0.2) is 4.79 Å². The summed E-state index contributed by atoms with van der Waals surface area (Å²) in [6.07, 6.45) is 3.74. The monoisotopic (exact) mass is 416 g/mol. The fraction of sp³-hybridized carbons (Fsp3) is 0.720. The predicted molar refractivity (Wildman–Crippen MR) is 121 cm³/mol. The van der Waals surface area contributed by atoms with Gasteiger partial charge in [0, 0.05) is 37.9 Å². The highest BCUT2D eigenvalue weighted by atomic mass is 16.6. The zero-order valence-electron chi connectivity index (χ0n) is 19.7. The molecular weight excluding hydrogens is 376 g/mol. The van der Waals surface area contributed by atoms with Crippen LogP contribution in [0.5, 0.6) is 0 Å². The molecule has 2 fully saturated rings. The Hall–Kier alpha value is -1.59. The van der Waals surface area contributed by atoms with Crippen molar-refractivity contribution in [1.29, 1.82) is 0 Å². The van der Waals surface area contributed by atoms with Gasteiger partial charge in [0.2, 0.25) is 0 Å². The Morgan fingerprint density at radius 3 is 2.53 bits per heavy atom. The molecule has 0 spiro atoms. The third-order valence-corrected chi connectivity index (χ3v) is 6.31. The van der Waals surface area contributed by atoms with Crippen LogP contribution < -0.4 is 5.32 Å². The number of hydrogen-bond donors (Lipinski definition) is 1. The third-order valence-electron chi connectivity index (χ3n) is 6.31. The van der Waals surface area contributed by atoms with Crippen LogP contribution in [-0.4, -0.2) is 48.9 Å². The Labute approximate surface area is 182 Å². The van der Waals surface area contributed by atoms with E-state index in [1.807, 2.05) is 25.7 Å². The molecule has 0 saturated carbocycles. The van der Waals surface area contributed by atoms with Crippen LogP contribution in [0, 0.1) is 0 Å². The van der Waals surface area contributed by atoms with Crippen molar-refractivity contribution in [3.05, 3.63) is 35.4 Å². The lowest BCUT2D eigenvalue weighted by Crippen LogP contribution is -2.52. The van der Waals surface area contributed by atoms with Crippen molar-refractivity contribution in [2.45, 2.75) is 89.8 Å². The van der Waals surface area contributed by atoms with Crippen LogP contribution in [0.25, 0.3) is 0 Å². The minimum atomic E-state index is -0.465. The number of carbonyl (C=O) groups is 1. The minimum Gasteiger partial charge on any atom is -0.444 e. The highest BCUT2D eigenvalue weighted by molar-refractivity contribution is 5.69. The number of rotatable bonds is 4. The Bertz CT molecular complexity index is 727. The summed E-state index contributed by atoms with van der Waals surface area (Å²) < 4.78 is 11.4. The molecule has 1 amide bonds. The highest BCUT2D eigenvalue weighted by Gasteiger charge is 2.38. The maximum absolute atomic E-state index is 12.7. The molecule has 2 heterocycles. The Kier molecular flexibility index (Phi) is 6.83. The van der Waals surface area contributed by atoms with Crippen LogP contribution in [0.3, 0.4) is 0 Å². The average molecular weight is 417 g/mol. The summed E-state index contributed by atoms with van der Waals surface area (Å²) in [6, 6.07) is 9.17. The van der Waals surface area contributed by atoms with E-state index in [9.17, 15) is 4.79 Å². The van der Waals surface area contributed by atoms with Gasteiger partial charge in [0.1, 0.15) is 5.60 Å². The average Bonchev–Trinajstić information content (AvgIpc) is 3.14. The zero-order valence-corrected chi connectivity index (χ0v) is 19.7. The molecule has 5 heteroatoms. The largest absolute Gasteiger partial charge is 0.444 e. The molecule has 3 rings (SSSR count). The normalized spacial score (nSPS) is 22.2. The smallest absolute Gasteiger partial charge is 0.410 e. The van der Waals surface area contributed by atoms with E-state index < -0.39 is 5.60 Å². The van der Waals surface area contributed by atoms with Crippen LogP contribution >= 0.6 is 0 Å². The highest BCUT2D eigenvalue weighted by Crippen LogP contribution is 2.35. The summed E-state index contributed by atoms with van der Waals surface area (Å²) in [6.45, 7) is 15.6. The second-order valence-corrected chi connectivity index (χ2v) is 10.9. The summed E-state index contributed by atoms with van der Waals surface area (Å²) in [4.78, 5) is 14.6. The molecule has 5 nitrogen and oxygen atoms in total. The number of nitrogens with zero attached hydrogens (tertiary/aromatic N) is 1. The maximum atomic E-state index is 12.7. The molecule has 0 radical (unpaired) electrons. The summed E-state index contributed by atoms with van der Waals surface area (Å²) in [5.41, 5.74) is 2.22. The first kappa shape index (κ1) is 23.1.